The molecule has 0 aliphatic heterocycles. The number of aldehydes is 1. The van der Waals surface area contributed by atoms with Crippen LogP contribution in [0.15, 0.2) is 25.0 Å². The Hall–Kier alpha value is -1.05. The SMILES string of the molecule is C=COCC=CC=O. The summed E-state index contributed by atoms with van der Waals surface area (Å²) in [6.45, 7) is 3.73. The number of carbonyl (C=O) groups excluding carboxylic acids is 1. The highest BCUT2D eigenvalue weighted by molar-refractivity contribution is 5.64. The highest BCUT2D eigenvalue weighted by Gasteiger charge is 1.68. The molecule has 0 unspecified atom stereocenters. The Labute approximate surface area is 48.5 Å². The Morgan fingerprint density at radius 1 is 1.62 bits per heavy atom. The molecule has 0 saturated carbocycles. The first-order valence-corrected chi connectivity index (χ1v) is 2.24. The smallest absolute Gasteiger partial charge is 0.142 e. The summed E-state index contributed by atoms with van der Waals surface area (Å²) < 4.78 is 4.65. The first-order valence-electron chi connectivity index (χ1n) is 2.24. The second-order valence-electron chi connectivity index (χ2n) is 1.06. The van der Waals surface area contributed by atoms with Crippen LogP contribution < -0.4 is 0 Å². The van der Waals surface area contributed by atoms with Crippen LogP contribution in [0.2, 0.25) is 0 Å². The minimum absolute atomic E-state index is 0.419. The minimum Gasteiger partial charge on any atom is -0.498 e. The van der Waals surface area contributed by atoms with Crippen molar-refractivity contribution in [2.24, 2.45) is 0 Å². The Kier molecular flexibility index (Phi) is 5.17. The van der Waals surface area contributed by atoms with Crippen molar-refractivity contribution in [3.8, 4) is 0 Å². The van der Waals surface area contributed by atoms with Gasteiger partial charge in [0.05, 0.1) is 6.26 Å². The number of hydrogen-bond donors (Lipinski definition) is 0. The summed E-state index contributed by atoms with van der Waals surface area (Å²) in [6.07, 6.45) is 5.01. The van der Waals surface area contributed by atoms with E-state index in [4.69, 9.17) is 0 Å². The lowest BCUT2D eigenvalue weighted by Gasteiger charge is -1.87. The van der Waals surface area contributed by atoms with E-state index in [2.05, 4.69) is 11.3 Å². The normalized spacial score (nSPS) is 9.00. The van der Waals surface area contributed by atoms with E-state index in [1.165, 1.54) is 12.3 Å². The van der Waals surface area contributed by atoms with Gasteiger partial charge in [-0.3, -0.25) is 4.79 Å². The average Bonchev–Trinajstić information content (AvgIpc) is 1.81. The average molecular weight is 112 g/mol. The van der Waals surface area contributed by atoms with E-state index < -0.39 is 0 Å². The van der Waals surface area contributed by atoms with Crippen molar-refractivity contribution in [1.29, 1.82) is 0 Å². The van der Waals surface area contributed by atoms with E-state index in [0.717, 1.165) is 0 Å². The number of rotatable bonds is 4. The summed E-state index contributed by atoms with van der Waals surface area (Å²) in [4.78, 5) is 9.60. The lowest BCUT2D eigenvalue weighted by Crippen LogP contribution is -1.78. The predicted octanol–water partition coefficient (Wildman–Crippen LogP) is 0.902. The van der Waals surface area contributed by atoms with Crippen LogP contribution in [0.1, 0.15) is 0 Å². The molecule has 0 fully saturated rings. The van der Waals surface area contributed by atoms with Crippen LogP contribution >= 0.6 is 0 Å². The van der Waals surface area contributed by atoms with Crippen LogP contribution in [0.25, 0.3) is 0 Å². The van der Waals surface area contributed by atoms with Crippen LogP contribution in [0, 0.1) is 0 Å². The summed E-state index contributed by atoms with van der Waals surface area (Å²) in [6, 6.07) is 0. The van der Waals surface area contributed by atoms with Gasteiger partial charge in [-0.15, -0.1) is 0 Å². The van der Waals surface area contributed by atoms with Crippen molar-refractivity contribution < 1.29 is 9.53 Å². The Balaban J connectivity index is 3.02. The monoisotopic (exact) mass is 112 g/mol. The molecular formula is C6H8O2. The van der Waals surface area contributed by atoms with Gasteiger partial charge in [0.1, 0.15) is 12.9 Å². The maximum Gasteiger partial charge on any atom is 0.142 e. The summed E-state index contributed by atoms with van der Waals surface area (Å²) in [5, 5.41) is 0. The van der Waals surface area contributed by atoms with Crippen LogP contribution in [-0.2, 0) is 9.53 Å². The van der Waals surface area contributed by atoms with Gasteiger partial charge in [0.2, 0.25) is 0 Å². The summed E-state index contributed by atoms with van der Waals surface area (Å²) >= 11 is 0. The Bertz CT molecular complexity index is 94.7. The Morgan fingerprint density at radius 2 is 2.38 bits per heavy atom. The van der Waals surface area contributed by atoms with Gasteiger partial charge in [0.15, 0.2) is 0 Å². The van der Waals surface area contributed by atoms with E-state index in [1.807, 2.05) is 0 Å². The molecule has 0 N–H and O–H groups in total. The molecule has 0 amide bonds. The zero-order chi connectivity index (χ0) is 6.24. The van der Waals surface area contributed by atoms with E-state index in [0.29, 0.717) is 12.9 Å². The van der Waals surface area contributed by atoms with E-state index >= 15 is 0 Å². The van der Waals surface area contributed by atoms with Crippen LogP contribution in [-0.4, -0.2) is 12.9 Å². The van der Waals surface area contributed by atoms with Crippen molar-refractivity contribution in [2.75, 3.05) is 6.61 Å². The molecule has 0 aromatic rings. The van der Waals surface area contributed by atoms with Gasteiger partial charge in [-0.1, -0.05) is 6.58 Å². The molecule has 2 nitrogen and oxygen atoms in total. The van der Waals surface area contributed by atoms with Crippen LogP contribution in [0.4, 0.5) is 0 Å². The van der Waals surface area contributed by atoms with E-state index in [9.17, 15) is 4.79 Å². The van der Waals surface area contributed by atoms with Crippen molar-refractivity contribution in [2.45, 2.75) is 0 Å². The molecule has 0 aromatic carbocycles. The molecule has 0 spiro atoms. The van der Waals surface area contributed by atoms with Crippen LogP contribution in [0.5, 0.6) is 0 Å². The largest absolute Gasteiger partial charge is 0.498 e. The molecular weight excluding hydrogens is 104 g/mol. The quantitative estimate of drug-likeness (QED) is 0.234. The summed E-state index contributed by atoms with van der Waals surface area (Å²) in [7, 11) is 0. The summed E-state index contributed by atoms with van der Waals surface area (Å²) in [5.41, 5.74) is 0. The van der Waals surface area contributed by atoms with E-state index in [1.54, 1.807) is 6.08 Å². The fourth-order valence-electron chi connectivity index (χ4n) is 0.235. The van der Waals surface area contributed by atoms with E-state index in [-0.39, 0.29) is 0 Å². The number of allylic oxidation sites excluding steroid dienone is 1. The topological polar surface area (TPSA) is 26.3 Å². The van der Waals surface area contributed by atoms with Gasteiger partial charge in [0, 0.05) is 0 Å². The van der Waals surface area contributed by atoms with Gasteiger partial charge in [-0.25, -0.2) is 0 Å². The van der Waals surface area contributed by atoms with Gasteiger partial charge < -0.3 is 4.74 Å². The molecule has 0 radical (unpaired) electrons. The highest BCUT2D eigenvalue weighted by atomic mass is 16.5. The highest BCUT2D eigenvalue weighted by Crippen LogP contribution is 1.73. The number of carbonyl (C=O) groups is 1. The lowest BCUT2D eigenvalue weighted by atomic mass is 10.5. The first kappa shape index (κ1) is 6.95. The lowest BCUT2D eigenvalue weighted by molar-refractivity contribution is -0.104. The molecule has 0 saturated heterocycles. The molecule has 8 heavy (non-hydrogen) atoms. The molecule has 0 aromatic heterocycles. The predicted molar refractivity (Wildman–Crippen MR) is 31.4 cm³/mol. The van der Waals surface area contributed by atoms with Gasteiger partial charge >= 0.3 is 0 Å². The third-order valence-electron chi connectivity index (χ3n) is 0.525. The molecule has 2 heteroatoms. The van der Waals surface area contributed by atoms with Crippen molar-refractivity contribution in [3.63, 3.8) is 0 Å². The zero-order valence-corrected chi connectivity index (χ0v) is 4.54. The third-order valence-corrected chi connectivity index (χ3v) is 0.525. The van der Waals surface area contributed by atoms with Crippen molar-refractivity contribution in [3.05, 3.63) is 25.0 Å². The third kappa shape index (κ3) is 4.95. The summed E-state index contributed by atoms with van der Waals surface area (Å²) in [5.74, 6) is 0. The van der Waals surface area contributed by atoms with Gasteiger partial charge in [0.25, 0.3) is 0 Å². The van der Waals surface area contributed by atoms with Crippen molar-refractivity contribution in [1.82, 2.24) is 0 Å². The second-order valence-corrected chi connectivity index (χ2v) is 1.06. The fraction of sp³-hybridized carbons (Fsp3) is 0.167. The van der Waals surface area contributed by atoms with Gasteiger partial charge in [-0.2, -0.15) is 0 Å². The Morgan fingerprint density at radius 3 is 2.88 bits per heavy atom. The molecule has 44 valence electrons. The fourth-order valence-corrected chi connectivity index (χ4v) is 0.235. The number of hydrogen-bond acceptors (Lipinski definition) is 2. The maximum atomic E-state index is 9.60. The molecule has 0 aliphatic carbocycles. The molecule has 0 aliphatic rings. The van der Waals surface area contributed by atoms with Crippen LogP contribution in [0.3, 0.4) is 0 Å². The second kappa shape index (κ2) is 5.95. The molecule has 0 bridgehead atoms. The zero-order valence-electron chi connectivity index (χ0n) is 4.54. The minimum atomic E-state index is 0.419. The van der Waals surface area contributed by atoms with Gasteiger partial charge in [-0.05, 0) is 12.2 Å². The standard InChI is InChI=1S/C6H8O2/c1-2-8-6-4-3-5-7/h2-5H,1,6H2. The molecule has 0 rings (SSSR count). The van der Waals surface area contributed by atoms with Crippen molar-refractivity contribution >= 4 is 6.29 Å². The molecule has 0 heterocycles. The maximum absolute atomic E-state index is 9.60. The first-order chi connectivity index (χ1) is 3.91. The molecule has 0 atom stereocenters. The number of ether oxygens (including phenoxy) is 1.